The van der Waals surface area contributed by atoms with E-state index in [2.05, 4.69) is 37.5 Å². The van der Waals surface area contributed by atoms with Gasteiger partial charge >= 0.3 is 0 Å². The molecule has 0 radical (unpaired) electrons. The predicted octanol–water partition coefficient (Wildman–Crippen LogP) is 2.97. The Morgan fingerprint density at radius 1 is 1.45 bits per heavy atom. The van der Waals surface area contributed by atoms with Crippen molar-refractivity contribution in [2.24, 2.45) is 0 Å². The zero-order chi connectivity index (χ0) is 13.9. The van der Waals surface area contributed by atoms with E-state index < -0.39 is 0 Å². The molecule has 1 N–H and O–H groups in total. The summed E-state index contributed by atoms with van der Waals surface area (Å²) in [5.74, 6) is 1.96. The first-order valence-corrected chi connectivity index (χ1v) is 7.44. The second-order valence-electron chi connectivity index (χ2n) is 4.93. The van der Waals surface area contributed by atoms with E-state index in [0.29, 0.717) is 24.4 Å². The number of hydrogen-bond acceptors (Lipinski definition) is 5. The molecular weight excluding hydrogens is 322 g/mol. The van der Waals surface area contributed by atoms with Crippen molar-refractivity contribution in [1.29, 1.82) is 0 Å². The van der Waals surface area contributed by atoms with Gasteiger partial charge in [-0.3, -0.25) is 0 Å². The number of halogens is 1. The molecule has 0 saturated heterocycles. The number of ether oxygens (including phenoxy) is 1. The highest BCUT2D eigenvalue weighted by molar-refractivity contribution is 9.10. The summed E-state index contributed by atoms with van der Waals surface area (Å²) in [5.41, 5.74) is 1.13. The largest absolute Gasteiger partial charge is 0.485 e. The summed E-state index contributed by atoms with van der Waals surface area (Å²) in [6.45, 7) is 2.89. The third-order valence-corrected chi connectivity index (χ3v) is 3.60. The molecule has 0 unspecified atom stereocenters. The summed E-state index contributed by atoms with van der Waals surface area (Å²) in [6, 6.07) is 6.67. The molecular formula is C14H16BrN3O2. The van der Waals surface area contributed by atoms with E-state index in [1.54, 1.807) is 6.92 Å². The van der Waals surface area contributed by atoms with Crippen LogP contribution in [0.2, 0.25) is 0 Å². The Balaban J connectivity index is 1.66. The number of benzene rings is 1. The Labute approximate surface area is 125 Å². The van der Waals surface area contributed by atoms with Crippen LogP contribution in [-0.4, -0.2) is 16.2 Å². The number of nitrogens with one attached hydrogen (secondary N) is 1. The molecule has 2 aromatic rings. The fraction of sp³-hybridized carbons (Fsp3) is 0.429. The summed E-state index contributed by atoms with van der Waals surface area (Å²) < 4.78 is 11.8. The van der Waals surface area contributed by atoms with Crippen molar-refractivity contribution in [1.82, 2.24) is 15.5 Å². The van der Waals surface area contributed by atoms with E-state index in [4.69, 9.17) is 9.26 Å². The molecule has 0 atom stereocenters. The minimum Gasteiger partial charge on any atom is -0.485 e. The van der Waals surface area contributed by atoms with E-state index in [1.807, 2.05) is 12.1 Å². The van der Waals surface area contributed by atoms with E-state index in [-0.39, 0.29) is 0 Å². The van der Waals surface area contributed by atoms with Crippen molar-refractivity contribution in [2.45, 2.75) is 39.0 Å². The standard InChI is InChI=1S/C14H16BrN3O2/c1-9-17-14(18-20-9)8-19-13-5-2-11(15)6-10(13)7-16-12-3-4-12/h2,5-6,12,16H,3-4,7-8H2,1H3. The van der Waals surface area contributed by atoms with E-state index >= 15 is 0 Å². The lowest BCUT2D eigenvalue weighted by molar-refractivity contribution is 0.282. The van der Waals surface area contributed by atoms with Gasteiger partial charge in [-0.05, 0) is 31.0 Å². The lowest BCUT2D eigenvalue weighted by Gasteiger charge is -2.11. The quantitative estimate of drug-likeness (QED) is 0.877. The first-order valence-electron chi connectivity index (χ1n) is 6.64. The maximum atomic E-state index is 5.80. The van der Waals surface area contributed by atoms with Crippen LogP contribution in [0.1, 0.15) is 30.1 Å². The van der Waals surface area contributed by atoms with Gasteiger partial charge in [0.1, 0.15) is 5.75 Å². The van der Waals surface area contributed by atoms with Crippen LogP contribution in [0.25, 0.3) is 0 Å². The van der Waals surface area contributed by atoms with Crippen LogP contribution in [0.3, 0.4) is 0 Å². The molecule has 1 fully saturated rings. The average Bonchev–Trinajstić information content (AvgIpc) is 3.17. The molecule has 0 spiro atoms. The summed E-state index contributed by atoms with van der Waals surface area (Å²) in [5, 5.41) is 7.32. The third kappa shape index (κ3) is 3.58. The first-order chi connectivity index (χ1) is 9.70. The van der Waals surface area contributed by atoms with Gasteiger partial charge in [0.25, 0.3) is 0 Å². The summed E-state index contributed by atoms with van der Waals surface area (Å²) in [7, 11) is 0. The van der Waals surface area contributed by atoms with Crippen molar-refractivity contribution in [2.75, 3.05) is 0 Å². The van der Waals surface area contributed by atoms with Crippen LogP contribution in [0, 0.1) is 6.92 Å². The summed E-state index contributed by atoms with van der Waals surface area (Å²) >= 11 is 3.50. The molecule has 1 aromatic carbocycles. The minimum atomic E-state index is 0.315. The fourth-order valence-corrected chi connectivity index (χ4v) is 2.32. The van der Waals surface area contributed by atoms with Gasteiger partial charge in [-0.25, -0.2) is 0 Å². The summed E-state index contributed by atoms with van der Waals surface area (Å²) in [6.07, 6.45) is 2.54. The average molecular weight is 338 g/mol. The van der Waals surface area contributed by atoms with E-state index in [1.165, 1.54) is 12.8 Å². The highest BCUT2D eigenvalue weighted by atomic mass is 79.9. The van der Waals surface area contributed by atoms with Gasteiger partial charge in [0.2, 0.25) is 11.7 Å². The highest BCUT2D eigenvalue weighted by Gasteiger charge is 2.20. The Hall–Kier alpha value is -1.40. The number of rotatable bonds is 6. The van der Waals surface area contributed by atoms with Crippen LogP contribution in [0.15, 0.2) is 27.2 Å². The molecule has 1 aliphatic rings. The van der Waals surface area contributed by atoms with Gasteiger partial charge in [-0.2, -0.15) is 4.98 Å². The minimum absolute atomic E-state index is 0.315. The lowest BCUT2D eigenvalue weighted by Crippen LogP contribution is -2.16. The molecule has 0 aliphatic heterocycles. The molecule has 106 valence electrons. The van der Waals surface area contributed by atoms with Crippen molar-refractivity contribution in [3.8, 4) is 5.75 Å². The van der Waals surface area contributed by atoms with E-state index in [9.17, 15) is 0 Å². The van der Waals surface area contributed by atoms with Crippen molar-refractivity contribution < 1.29 is 9.26 Å². The van der Waals surface area contributed by atoms with Crippen molar-refractivity contribution in [3.05, 3.63) is 40.0 Å². The smallest absolute Gasteiger partial charge is 0.223 e. The molecule has 1 heterocycles. The molecule has 0 amide bonds. The molecule has 0 bridgehead atoms. The highest BCUT2D eigenvalue weighted by Crippen LogP contribution is 2.26. The van der Waals surface area contributed by atoms with Crippen LogP contribution in [-0.2, 0) is 13.2 Å². The van der Waals surface area contributed by atoms with Gasteiger partial charge in [-0.15, -0.1) is 0 Å². The Kier molecular flexibility index (Phi) is 4.03. The monoisotopic (exact) mass is 337 g/mol. The maximum absolute atomic E-state index is 5.80. The third-order valence-electron chi connectivity index (χ3n) is 3.11. The van der Waals surface area contributed by atoms with Crippen molar-refractivity contribution in [3.63, 3.8) is 0 Å². The normalized spacial score (nSPS) is 14.5. The second kappa shape index (κ2) is 5.93. The van der Waals surface area contributed by atoms with E-state index in [0.717, 1.165) is 22.3 Å². The molecule has 1 aromatic heterocycles. The molecule has 1 aliphatic carbocycles. The maximum Gasteiger partial charge on any atom is 0.223 e. The molecule has 6 heteroatoms. The van der Waals surface area contributed by atoms with Gasteiger partial charge in [0.05, 0.1) is 0 Å². The second-order valence-corrected chi connectivity index (χ2v) is 5.84. The zero-order valence-electron chi connectivity index (χ0n) is 11.2. The van der Waals surface area contributed by atoms with Crippen LogP contribution >= 0.6 is 15.9 Å². The number of hydrogen-bond donors (Lipinski definition) is 1. The topological polar surface area (TPSA) is 60.2 Å². The Morgan fingerprint density at radius 3 is 3.00 bits per heavy atom. The predicted molar refractivity (Wildman–Crippen MR) is 77.4 cm³/mol. The van der Waals surface area contributed by atoms with Gasteiger partial charge in [0, 0.05) is 29.5 Å². The zero-order valence-corrected chi connectivity index (χ0v) is 12.8. The Bertz CT molecular complexity index is 596. The SMILES string of the molecule is Cc1nc(COc2ccc(Br)cc2CNC2CC2)no1. The number of aryl methyl sites for hydroxylation is 1. The Morgan fingerprint density at radius 2 is 2.30 bits per heavy atom. The number of aromatic nitrogens is 2. The molecule has 5 nitrogen and oxygen atoms in total. The fourth-order valence-electron chi connectivity index (χ4n) is 1.91. The first kappa shape index (κ1) is 13.6. The lowest BCUT2D eigenvalue weighted by atomic mass is 10.2. The molecule has 1 saturated carbocycles. The van der Waals surface area contributed by atoms with Crippen LogP contribution < -0.4 is 10.1 Å². The van der Waals surface area contributed by atoms with Crippen LogP contribution in [0.5, 0.6) is 5.75 Å². The molecule has 3 rings (SSSR count). The van der Waals surface area contributed by atoms with Gasteiger partial charge in [0.15, 0.2) is 6.61 Å². The summed E-state index contributed by atoms with van der Waals surface area (Å²) in [4.78, 5) is 4.13. The molecule has 20 heavy (non-hydrogen) atoms. The van der Waals surface area contributed by atoms with Crippen LogP contribution in [0.4, 0.5) is 0 Å². The number of nitrogens with zero attached hydrogens (tertiary/aromatic N) is 2. The van der Waals surface area contributed by atoms with Gasteiger partial charge < -0.3 is 14.6 Å². The van der Waals surface area contributed by atoms with Crippen molar-refractivity contribution >= 4 is 15.9 Å². The van der Waals surface area contributed by atoms with Gasteiger partial charge in [-0.1, -0.05) is 21.1 Å².